The van der Waals surface area contributed by atoms with Gasteiger partial charge in [-0.1, -0.05) is 18.2 Å². The Labute approximate surface area is 185 Å². The van der Waals surface area contributed by atoms with Crippen molar-refractivity contribution in [1.29, 1.82) is 0 Å². The van der Waals surface area contributed by atoms with Gasteiger partial charge < -0.3 is 10.1 Å². The summed E-state index contributed by atoms with van der Waals surface area (Å²) in [7, 11) is 0. The van der Waals surface area contributed by atoms with E-state index in [0.717, 1.165) is 21.3 Å². The molecule has 0 spiro atoms. The number of carbonyl (C=O) groups excluding carboxylic acids is 1. The maximum Gasteiger partial charge on any atom is 0.265 e. The molecule has 0 saturated carbocycles. The van der Waals surface area contributed by atoms with Crippen LogP contribution < -0.4 is 10.1 Å². The molecule has 0 saturated heterocycles. The zero-order valence-corrected chi connectivity index (χ0v) is 18.1. The zero-order chi connectivity index (χ0) is 20.9. The molecule has 5 nitrogen and oxygen atoms in total. The first-order valence-corrected chi connectivity index (χ1v) is 10.8. The van der Waals surface area contributed by atoms with Gasteiger partial charge in [0.15, 0.2) is 0 Å². The maximum absolute atomic E-state index is 13.2. The number of carbonyl (C=O) groups is 1. The van der Waals surface area contributed by atoms with E-state index in [-0.39, 0.29) is 18.3 Å². The molecular formula is C22H17BrFN3O2S. The second-order valence-corrected chi connectivity index (χ2v) is 8.40. The molecule has 8 heteroatoms. The van der Waals surface area contributed by atoms with Crippen molar-refractivity contribution in [3.05, 3.63) is 98.7 Å². The van der Waals surface area contributed by atoms with Crippen molar-refractivity contribution in [2.75, 3.05) is 5.32 Å². The Balaban J connectivity index is 1.32. The predicted molar refractivity (Wildman–Crippen MR) is 118 cm³/mol. The summed E-state index contributed by atoms with van der Waals surface area (Å²) in [6, 6.07) is 15.4. The van der Waals surface area contributed by atoms with Crippen molar-refractivity contribution in [1.82, 2.24) is 9.78 Å². The third kappa shape index (κ3) is 5.34. The monoisotopic (exact) mass is 485 g/mol. The number of thiophene rings is 1. The smallest absolute Gasteiger partial charge is 0.265 e. The molecule has 2 aromatic heterocycles. The maximum atomic E-state index is 13.2. The highest BCUT2D eigenvalue weighted by molar-refractivity contribution is 9.10. The fourth-order valence-electron chi connectivity index (χ4n) is 2.79. The minimum absolute atomic E-state index is 0.180. The van der Waals surface area contributed by atoms with Gasteiger partial charge in [-0.05, 0) is 57.2 Å². The molecule has 4 aromatic rings. The van der Waals surface area contributed by atoms with E-state index in [4.69, 9.17) is 4.74 Å². The summed E-state index contributed by atoms with van der Waals surface area (Å²) in [5.41, 5.74) is 2.66. The predicted octanol–water partition coefficient (Wildman–Crippen LogP) is 5.73. The van der Waals surface area contributed by atoms with Gasteiger partial charge in [0.05, 0.1) is 22.1 Å². The lowest BCUT2D eigenvalue weighted by Crippen LogP contribution is -2.10. The minimum atomic E-state index is -0.346. The van der Waals surface area contributed by atoms with Crippen molar-refractivity contribution in [2.45, 2.75) is 13.2 Å². The Morgan fingerprint density at radius 2 is 2.00 bits per heavy atom. The molecule has 0 aliphatic rings. The summed E-state index contributed by atoms with van der Waals surface area (Å²) < 4.78 is 21.5. The number of halogens is 2. The highest BCUT2D eigenvalue weighted by Gasteiger charge is 2.10. The number of hydrogen-bond donors (Lipinski definition) is 1. The number of hydrogen-bond acceptors (Lipinski definition) is 4. The van der Waals surface area contributed by atoms with Crippen LogP contribution in [0.2, 0.25) is 0 Å². The second-order valence-electron chi connectivity index (χ2n) is 6.57. The Kier molecular flexibility index (Phi) is 6.25. The molecular weight excluding hydrogens is 469 g/mol. The Morgan fingerprint density at radius 1 is 1.17 bits per heavy atom. The van der Waals surface area contributed by atoms with Gasteiger partial charge in [0, 0.05) is 23.5 Å². The summed E-state index contributed by atoms with van der Waals surface area (Å²) in [6.45, 7) is 0.922. The number of amides is 1. The van der Waals surface area contributed by atoms with Crippen molar-refractivity contribution in [3.8, 4) is 5.75 Å². The topological polar surface area (TPSA) is 56.2 Å². The van der Waals surface area contributed by atoms with E-state index >= 15 is 0 Å². The van der Waals surface area contributed by atoms with Gasteiger partial charge in [0.1, 0.15) is 18.2 Å². The van der Waals surface area contributed by atoms with Gasteiger partial charge in [0.2, 0.25) is 0 Å². The van der Waals surface area contributed by atoms with Crippen LogP contribution in [0.3, 0.4) is 0 Å². The molecule has 30 heavy (non-hydrogen) atoms. The highest BCUT2D eigenvalue weighted by Crippen LogP contribution is 2.20. The van der Waals surface area contributed by atoms with E-state index in [1.165, 1.54) is 23.5 Å². The van der Waals surface area contributed by atoms with Crippen LogP contribution >= 0.6 is 27.3 Å². The lowest BCUT2D eigenvalue weighted by molar-refractivity contribution is 0.103. The standard InChI is InChI=1S/C22H17BrFN3O2S/c23-17-10-25-27(12-17)11-15-4-6-19(7-5-15)26-22(28)21-8-16(14-30-21)13-29-20-3-1-2-18(24)9-20/h1-10,12,14H,11,13H2,(H,26,28). The number of aromatic nitrogens is 2. The van der Waals surface area contributed by atoms with Crippen LogP contribution in [-0.2, 0) is 13.2 Å². The summed E-state index contributed by atoms with van der Waals surface area (Å²) in [5, 5.41) is 8.99. The molecule has 1 amide bonds. The number of rotatable bonds is 7. The quantitative estimate of drug-likeness (QED) is 0.363. The number of ether oxygens (including phenoxy) is 1. The normalized spacial score (nSPS) is 10.7. The van der Waals surface area contributed by atoms with Crippen molar-refractivity contribution >= 4 is 38.9 Å². The lowest BCUT2D eigenvalue weighted by atomic mass is 10.2. The van der Waals surface area contributed by atoms with Crippen molar-refractivity contribution in [3.63, 3.8) is 0 Å². The van der Waals surface area contributed by atoms with E-state index in [1.807, 2.05) is 40.5 Å². The SMILES string of the molecule is O=C(Nc1ccc(Cn2cc(Br)cn2)cc1)c1cc(COc2cccc(F)c2)cs1. The summed E-state index contributed by atoms with van der Waals surface area (Å²) in [6.07, 6.45) is 3.65. The molecule has 2 aromatic carbocycles. The second kappa shape index (κ2) is 9.23. The first kappa shape index (κ1) is 20.3. The fraction of sp³-hybridized carbons (Fsp3) is 0.0909. The van der Waals surface area contributed by atoms with Gasteiger partial charge in [-0.2, -0.15) is 5.10 Å². The molecule has 0 fully saturated rings. The largest absolute Gasteiger partial charge is 0.489 e. The van der Waals surface area contributed by atoms with Crippen molar-refractivity contribution in [2.24, 2.45) is 0 Å². The minimum Gasteiger partial charge on any atom is -0.489 e. The molecule has 0 atom stereocenters. The summed E-state index contributed by atoms with van der Waals surface area (Å²) in [4.78, 5) is 13.1. The Morgan fingerprint density at radius 3 is 2.73 bits per heavy atom. The van der Waals surface area contributed by atoms with Crippen LogP contribution in [0.25, 0.3) is 0 Å². The zero-order valence-electron chi connectivity index (χ0n) is 15.7. The van der Waals surface area contributed by atoms with E-state index < -0.39 is 0 Å². The van der Waals surface area contributed by atoms with Crippen LogP contribution in [0, 0.1) is 5.82 Å². The summed E-state index contributed by atoms with van der Waals surface area (Å²) in [5.74, 6) is -0.0723. The number of benzene rings is 2. The molecule has 152 valence electrons. The van der Waals surface area contributed by atoms with Crippen LogP contribution in [0.15, 0.2) is 76.8 Å². The molecule has 0 bridgehead atoms. The third-order valence-electron chi connectivity index (χ3n) is 4.24. The number of nitrogens with zero attached hydrogens (tertiary/aromatic N) is 2. The molecule has 2 heterocycles. The molecule has 0 aliphatic carbocycles. The average molecular weight is 486 g/mol. The van der Waals surface area contributed by atoms with Crippen LogP contribution in [0.5, 0.6) is 5.75 Å². The molecule has 4 rings (SSSR count). The number of nitrogens with one attached hydrogen (secondary N) is 1. The first-order valence-electron chi connectivity index (χ1n) is 9.09. The van der Waals surface area contributed by atoms with E-state index in [0.29, 0.717) is 17.2 Å². The Bertz CT molecular complexity index is 1160. The lowest BCUT2D eigenvalue weighted by Gasteiger charge is -2.06. The van der Waals surface area contributed by atoms with Crippen LogP contribution in [-0.4, -0.2) is 15.7 Å². The average Bonchev–Trinajstić information content (AvgIpc) is 3.37. The fourth-order valence-corrected chi connectivity index (χ4v) is 3.91. The van der Waals surface area contributed by atoms with Crippen LogP contribution in [0.1, 0.15) is 20.8 Å². The number of anilines is 1. The molecule has 0 radical (unpaired) electrons. The van der Waals surface area contributed by atoms with E-state index in [1.54, 1.807) is 24.4 Å². The van der Waals surface area contributed by atoms with Crippen LogP contribution in [0.4, 0.5) is 10.1 Å². The van der Waals surface area contributed by atoms with E-state index in [2.05, 4.69) is 26.3 Å². The molecule has 0 aliphatic heterocycles. The van der Waals surface area contributed by atoms with Crippen molar-refractivity contribution < 1.29 is 13.9 Å². The van der Waals surface area contributed by atoms with Gasteiger partial charge in [-0.3, -0.25) is 9.48 Å². The highest BCUT2D eigenvalue weighted by atomic mass is 79.9. The molecule has 0 unspecified atom stereocenters. The first-order chi connectivity index (χ1) is 14.5. The Hall–Kier alpha value is -2.97. The third-order valence-corrected chi connectivity index (χ3v) is 5.62. The molecule has 1 N–H and O–H groups in total. The van der Waals surface area contributed by atoms with E-state index in [9.17, 15) is 9.18 Å². The van der Waals surface area contributed by atoms with Gasteiger partial charge in [0.25, 0.3) is 5.91 Å². The summed E-state index contributed by atoms with van der Waals surface area (Å²) >= 11 is 4.72. The van der Waals surface area contributed by atoms with Gasteiger partial charge in [-0.25, -0.2) is 4.39 Å². The van der Waals surface area contributed by atoms with Gasteiger partial charge >= 0.3 is 0 Å². The van der Waals surface area contributed by atoms with Gasteiger partial charge in [-0.15, -0.1) is 11.3 Å².